The smallest absolute Gasteiger partial charge is 0.0940 e. The second kappa shape index (κ2) is 4.51. The van der Waals surface area contributed by atoms with Crippen molar-refractivity contribution in [3.8, 4) is 0 Å². The number of rotatable bonds is 4. The van der Waals surface area contributed by atoms with Crippen molar-refractivity contribution in [1.29, 1.82) is 0 Å². The standard InChI is InChI=1S/C10H21N3/c1-9(7-12(3)4)8-13-6-5-11-10(13)2/h9,11H,2,5-8H2,1,3-4H3. The second-order valence-corrected chi connectivity index (χ2v) is 4.19. The van der Waals surface area contributed by atoms with Crippen LogP contribution in [0.15, 0.2) is 12.4 Å². The minimum absolute atomic E-state index is 0.701. The number of nitrogens with one attached hydrogen (secondary N) is 1. The van der Waals surface area contributed by atoms with Gasteiger partial charge in [-0.05, 0) is 20.0 Å². The molecule has 0 aromatic heterocycles. The molecule has 1 heterocycles. The molecule has 0 bridgehead atoms. The highest BCUT2D eigenvalue weighted by Gasteiger charge is 2.16. The summed E-state index contributed by atoms with van der Waals surface area (Å²) < 4.78 is 0. The van der Waals surface area contributed by atoms with Crippen LogP contribution in [0.5, 0.6) is 0 Å². The summed E-state index contributed by atoms with van der Waals surface area (Å²) in [5, 5.41) is 3.25. The molecule has 1 aliphatic heterocycles. The van der Waals surface area contributed by atoms with E-state index in [0.717, 1.165) is 32.0 Å². The monoisotopic (exact) mass is 183 g/mol. The molecule has 1 unspecified atom stereocenters. The Hall–Kier alpha value is -0.700. The first-order valence-corrected chi connectivity index (χ1v) is 4.92. The summed E-state index contributed by atoms with van der Waals surface area (Å²) in [5.74, 6) is 1.79. The van der Waals surface area contributed by atoms with E-state index in [2.05, 4.69) is 42.7 Å². The normalized spacial score (nSPS) is 19.4. The van der Waals surface area contributed by atoms with Gasteiger partial charge in [0.1, 0.15) is 0 Å². The number of nitrogens with zero attached hydrogens (tertiary/aromatic N) is 2. The van der Waals surface area contributed by atoms with Crippen molar-refractivity contribution in [2.45, 2.75) is 6.92 Å². The lowest BCUT2D eigenvalue weighted by atomic mass is 10.1. The van der Waals surface area contributed by atoms with E-state index in [0.29, 0.717) is 5.92 Å². The van der Waals surface area contributed by atoms with Crippen LogP contribution >= 0.6 is 0 Å². The summed E-state index contributed by atoms with van der Waals surface area (Å²) in [6, 6.07) is 0. The third-order valence-electron chi connectivity index (χ3n) is 2.30. The van der Waals surface area contributed by atoms with Crippen LogP contribution in [0.3, 0.4) is 0 Å². The lowest BCUT2D eigenvalue weighted by Crippen LogP contribution is -2.31. The van der Waals surface area contributed by atoms with Crippen molar-refractivity contribution in [3.63, 3.8) is 0 Å². The molecule has 0 amide bonds. The molecule has 1 fully saturated rings. The van der Waals surface area contributed by atoms with Gasteiger partial charge in [0.2, 0.25) is 0 Å². The molecule has 0 aliphatic carbocycles. The predicted molar refractivity (Wildman–Crippen MR) is 56.4 cm³/mol. The van der Waals surface area contributed by atoms with Crippen LogP contribution in [0, 0.1) is 5.92 Å². The summed E-state index contributed by atoms with van der Waals surface area (Å²) >= 11 is 0. The molecule has 1 aliphatic rings. The van der Waals surface area contributed by atoms with Crippen molar-refractivity contribution < 1.29 is 0 Å². The van der Waals surface area contributed by atoms with E-state index in [4.69, 9.17) is 0 Å². The van der Waals surface area contributed by atoms with Gasteiger partial charge >= 0.3 is 0 Å². The van der Waals surface area contributed by atoms with Crippen LogP contribution in [0.1, 0.15) is 6.92 Å². The van der Waals surface area contributed by atoms with Gasteiger partial charge < -0.3 is 15.1 Å². The molecular weight excluding hydrogens is 162 g/mol. The van der Waals surface area contributed by atoms with E-state index >= 15 is 0 Å². The molecule has 1 atom stereocenters. The number of hydrogen-bond donors (Lipinski definition) is 1. The third kappa shape index (κ3) is 3.27. The third-order valence-corrected chi connectivity index (χ3v) is 2.30. The summed E-state index contributed by atoms with van der Waals surface area (Å²) in [7, 11) is 4.24. The van der Waals surface area contributed by atoms with E-state index in [1.54, 1.807) is 0 Å². The predicted octanol–water partition coefficient (Wildman–Crippen LogP) is 0.561. The first-order valence-electron chi connectivity index (χ1n) is 4.92. The minimum atomic E-state index is 0.701. The summed E-state index contributed by atoms with van der Waals surface area (Å²) in [6.45, 7) is 10.7. The Kier molecular flexibility index (Phi) is 3.60. The van der Waals surface area contributed by atoms with Gasteiger partial charge in [0.25, 0.3) is 0 Å². The maximum absolute atomic E-state index is 3.97. The van der Waals surface area contributed by atoms with Crippen molar-refractivity contribution in [3.05, 3.63) is 12.4 Å². The molecule has 0 saturated carbocycles. The fourth-order valence-electron chi connectivity index (χ4n) is 1.84. The molecule has 0 aromatic carbocycles. The zero-order valence-electron chi connectivity index (χ0n) is 9.01. The van der Waals surface area contributed by atoms with Crippen LogP contribution in [-0.4, -0.2) is 50.1 Å². The molecule has 0 spiro atoms. The molecule has 1 rings (SSSR count). The average Bonchev–Trinajstić information content (AvgIpc) is 2.34. The van der Waals surface area contributed by atoms with Crippen molar-refractivity contribution in [2.24, 2.45) is 5.92 Å². The fourth-order valence-corrected chi connectivity index (χ4v) is 1.84. The van der Waals surface area contributed by atoms with Gasteiger partial charge in [0.05, 0.1) is 5.82 Å². The largest absolute Gasteiger partial charge is 0.370 e. The van der Waals surface area contributed by atoms with Crippen LogP contribution < -0.4 is 5.32 Å². The molecular formula is C10H21N3. The van der Waals surface area contributed by atoms with Crippen molar-refractivity contribution >= 4 is 0 Å². The Labute approximate surface area is 81.4 Å². The molecule has 1 N–H and O–H groups in total. The van der Waals surface area contributed by atoms with Gasteiger partial charge in [-0.3, -0.25) is 0 Å². The van der Waals surface area contributed by atoms with Crippen molar-refractivity contribution in [2.75, 3.05) is 40.3 Å². The summed E-state index contributed by atoms with van der Waals surface area (Å²) in [4.78, 5) is 4.56. The molecule has 1 saturated heterocycles. The lowest BCUT2D eigenvalue weighted by Gasteiger charge is -2.24. The van der Waals surface area contributed by atoms with Gasteiger partial charge in [-0.25, -0.2) is 0 Å². The van der Waals surface area contributed by atoms with Gasteiger partial charge in [-0.1, -0.05) is 13.5 Å². The van der Waals surface area contributed by atoms with Crippen LogP contribution in [0.25, 0.3) is 0 Å². The van der Waals surface area contributed by atoms with E-state index in [-0.39, 0.29) is 0 Å². The molecule has 76 valence electrons. The van der Waals surface area contributed by atoms with Gasteiger partial charge in [0, 0.05) is 26.2 Å². The highest BCUT2D eigenvalue weighted by molar-refractivity contribution is 4.97. The molecule has 13 heavy (non-hydrogen) atoms. The Balaban J connectivity index is 2.27. The summed E-state index contributed by atoms with van der Waals surface area (Å²) in [5.41, 5.74) is 0. The highest BCUT2D eigenvalue weighted by Crippen LogP contribution is 2.08. The zero-order valence-corrected chi connectivity index (χ0v) is 9.01. The van der Waals surface area contributed by atoms with Crippen LogP contribution in [0.4, 0.5) is 0 Å². The quantitative estimate of drug-likeness (QED) is 0.687. The maximum Gasteiger partial charge on any atom is 0.0940 e. The zero-order chi connectivity index (χ0) is 9.84. The second-order valence-electron chi connectivity index (χ2n) is 4.19. The summed E-state index contributed by atoms with van der Waals surface area (Å²) in [6.07, 6.45) is 0. The maximum atomic E-state index is 3.97. The van der Waals surface area contributed by atoms with Gasteiger partial charge in [0.15, 0.2) is 0 Å². The molecule has 0 aromatic rings. The topological polar surface area (TPSA) is 18.5 Å². The van der Waals surface area contributed by atoms with Crippen LogP contribution in [0.2, 0.25) is 0 Å². The first-order chi connectivity index (χ1) is 6.09. The Morgan fingerprint density at radius 2 is 2.31 bits per heavy atom. The Bertz CT molecular complexity index is 177. The van der Waals surface area contributed by atoms with E-state index < -0.39 is 0 Å². The lowest BCUT2D eigenvalue weighted by molar-refractivity contribution is 0.270. The number of hydrogen-bond acceptors (Lipinski definition) is 3. The van der Waals surface area contributed by atoms with E-state index in [9.17, 15) is 0 Å². The molecule has 0 radical (unpaired) electrons. The van der Waals surface area contributed by atoms with Crippen LogP contribution in [-0.2, 0) is 0 Å². The molecule has 3 heteroatoms. The van der Waals surface area contributed by atoms with E-state index in [1.807, 2.05) is 0 Å². The van der Waals surface area contributed by atoms with Crippen molar-refractivity contribution in [1.82, 2.24) is 15.1 Å². The average molecular weight is 183 g/mol. The Morgan fingerprint density at radius 3 is 2.77 bits per heavy atom. The molecule has 3 nitrogen and oxygen atoms in total. The Morgan fingerprint density at radius 1 is 1.62 bits per heavy atom. The minimum Gasteiger partial charge on any atom is -0.370 e. The highest BCUT2D eigenvalue weighted by atomic mass is 15.3. The van der Waals surface area contributed by atoms with E-state index in [1.165, 1.54) is 0 Å². The first kappa shape index (κ1) is 10.4. The fraction of sp³-hybridized carbons (Fsp3) is 0.800. The van der Waals surface area contributed by atoms with Gasteiger partial charge in [-0.2, -0.15) is 0 Å². The van der Waals surface area contributed by atoms with Gasteiger partial charge in [-0.15, -0.1) is 0 Å². The SMILES string of the molecule is C=C1NCCN1CC(C)CN(C)C.